The number of para-hydroxylation sites is 1. The van der Waals surface area contributed by atoms with Crippen LogP contribution in [-0.4, -0.2) is 32.4 Å². The Hall–Kier alpha value is -2.14. The molecule has 4 heteroatoms. The molecule has 2 aromatic heterocycles. The van der Waals surface area contributed by atoms with Crippen LogP contribution in [0.15, 0.2) is 78.9 Å². The first-order chi connectivity index (χ1) is 12.4. The van der Waals surface area contributed by atoms with Crippen LogP contribution in [0.1, 0.15) is 0 Å². The van der Waals surface area contributed by atoms with E-state index in [-0.39, 0.29) is 40.0 Å². The van der Waals surface area contributed by atoms with Crippen LogP contribution >= 0.6 is 0 Å². The van der Waals surface area contributed by atoms with Crippen LogP contribution in [0.3, 0.4) is 0 Å². The first kappa shape index (κ1) is 18.2. The van der Waals surface area contributed by atoms with Gasteiger partial charge < -0.3 is 21.4 Å². The van der Waals surface area contributed by atoms with Crippen molar-refractivity contribution in [3.05, 3.63) is 84.9 Å². The van der Waals surface area contributed by atoms with E-state index in [1.165, 1.54) is 27.1 Å². The van der Waals surface area contributed by atoms with Crippen molar-refractivity contribution in [2.75, 3.05) is 0 Å². The summed E-state index contributed by atoms with van der Waals surface area (Å²) in [6, 6.07) is 31.0. The number of pyridine rings is 1. The third-order valence-corrected chi connectivity index (χ3v) is 5.04. The van der Waals surface area contributed by atoms with Crippen LogP contribution in [0, 0.1) is 6.07 Å². The SMILES string of the molecule is [Br-].[Mg+2].[c-]1cccc2c1c1nc3cc4ccccc4cc3n1c1ccccc21. The van der Waals surface area contributed by atoms with Crippen LogP contribution in [0.4, 0.5) is 0 Å². The van der Waals surface area contributed by atoms with Gasteiger partial charge in [0.2, 0.25) is 0 Å². The van der Waals surface area contributed by atoms with E-state index in [4.69, 9.17) is 4.98 Å². The number of benzene rings is 4. The summed E-state index contributed by atoms with van der Waals surface area (Å²) in [5.74, 6) is 0. The summed E-state index contributed by atoms with van der Waals surface area (Å²) in [5, 5.41) is 5.95. The van der Waals surface area contributed by atoms with Crippen molar-refractivity contribution >= 4 is 72.2 Å². The minimum absolute atomic E-state index is 0. The molecule has 2 nitrogen and oxygen atoms in total. The second kappa shape index (κ2) is 6.79. The molecule has 0 radical (unpaired) electrons. The van der Waals surface area contributed by atoms with Gasteiger partial charge in [-0.25, -0.2) is 0 Å². The normalized spacial score (nSPS) is 11.1. The van der Waals surface area contributed by atoms with Crippen molar-refractivity contribution in [2.24, 2.45) is 0 Å². The minimum Gasteiger partial charge on any atom is -1.00 e. The van der Waals surface area contributed by atoms with Gasteiger partial charge in [0, 0.05) is 5.52 Å². The molecule has 0 unspecified atom stereocenters. The molecule has 0 amide bonds. The summed E-state index contributed by atoms with van der Waals surface area (Å²) in [6.07, 6.45) is 0. The Morgan fingerprint density at radius 2 is 1.44 bits per heavy atom. The Morgan fingerprint density at radius 1 is 0.741 bits per heavy atom. The Bertz CT molecular complexity index is 1450. The molecular formula is C23H13BrMgN2. The van der Waals surface area contributed by atoms with Gasteiger partial charge in [-0.2, -0.15) is 0 Å². The third kappa shape index (κ3) is 2.55. The van der Waals surface area contributed by atoms with Gasteiger partial charge in [0.15, 0.2) is 0 Å². The van der Waals surface area contributed by atoms with Crippen LogP contribution < -0.4 is 17.0 Å². The predicted molar refractivity (Wildman–Crippen MR) is 110 cm³/mol. The van der Waals surface area contributed by atoms with E-state index in [1.54, 1.807) is 0 Å². The van der Waals surface area contributed by atoms with E-state index in [2.05, 4.69) is 77.2 Å². The number of rotatable bonds is 0. The molecule has 2 heterocycles. The molecule has 4 aromatic carbocycles. The summed E-state index contributed by atoms with van der Waals surface area (Å²) in [5.41, 5.74) is 4.32. The summed E-state index contributed by atoms with van der Waals surface area (Å²) in [7, 11) is 0. The largest absolute Gasteiger partial charge is 2.00 e. The van der Waals surface area contributed by atoms with Crippen LogP contribution in [0.25, 0.3) is 49.1 Å². The second-order valence-corrected chi connectivity index (χ2v) is 6.43. The molecule has 0 fully saturated rings. The van der Waals surface area contributed by atoms with Gasteiger partial charge in [0.05, 0.1) is 16.7 Å². The number of nitrogens with zero attached hydrogens (tertiary/aromatic N) is 2. The van der Waals surface area contributed by atoms with Crippen LogP contribution in [0.2, 0.25) is 0 Å². The molecular weight excluding hydrogens is 408 g/mol. The van der Waals surface area contributed by atoms with Crippen molar-refractivity contribution in [2.45, 2.75) is 0 Å². The molecule has 0 spiro atoms. The zero-order chi connectivity index (χ0) is 16.4. The summed E-state index contributed by atoms with van der Waals surface area (Å²) >= 11 is 0. The van der Waals surface area contributed by atoms with Crippen LogP contribution in [0.5, 0.6) is 0 Å². The molecule has 6 rings (SSSR count). The number of halogens is 1. The Kier molecular flexibility index (Phi) is 4.58. The smallest absolute Gasteiger partial charge is 1.00 e. The van der Waals surface area contributed by atoms with Crippen molar-refractivity contribution < 1.29 is 17.0 Å². The van der Waals surface area contributed by atoms with E-state index >= 15 is 0 Å². The summed E-state index contributed by atoms with van der Waals surface area (Å²) < 4.78 is 2.27. The average molecular weight is 422 g/mol. The molecule has 0 atom stereocenters. The maximum absolute atomic E-state index is 4.98. The maximum Gasteiger partial charge on any atom is 2.00 e. The fourth-order valence-electron chi connectivity index (χ4n) is 3.92. The van der Waals surface area contributed by atoms with Gasteiger partial charge in [-0.05, 0) is 34.4 Å². The van der Waals surface area contributed by atoms with Crippen molar-refractivity contribution in [3.8, 4) is 0 Å². The number of fused-ring (bicyclic) bond motifs is 9. The zero-order valence-electron chi connectivity index (χ0n) is 14.5. The number of hydrogen-bond acceptors (Lipinski definition) is 1. The van der Waals surface area contributed by atoms with Crippen molar-refractivity contribution in [3.63, 3.8) is 0 Å². The molecule has 0 N–H and O–H groups in total. The first-order valence-corrected chi connectivity index (χ1v) is 8.42. The maximum atomic E-state index is 4.98. The van der Waals surface area contributed by atoms with Gasteiger partial charge >= 0.3 is 23.1 Å². The van der Waals surface area contributed by atoms with Gasteiger partial charge in [0.1, 0.15) is 0 Å². The number of aromatic nitrogens is 2. The van der Waals surface area contributed by atoms with Crippen LogP contribution in [-0.2, 0) is 0 Å². The van der Waals surface area contributed by atoms with Crippen molar-refractivity contribution in [1.29, 1.82) is 0 Å². The monoisotopic (exact) mass is 420 g/mol. The quantitative estimate of drug-likeness (QED) is 0.209. The molecule has 124 valence electrons. The molecule has 0 saturated heterocycles. The van der Waals surface area contributed by atoms with E-state index in [0.717, 1.165) is 22.1 Å². The Labute approximate surface area is 182 Å². The zero-order valence-corrected chi connectivity index (χ0v) is 17.5. The van der Waals surface area contributed by atoms with Gasteiger partial charge in [0.25, 0.3) is 0 Å². The Balaban J connectivity index is 0.000000900. The fraction of sp³-hybridized carbons (Fsp3) is 0. The average Bonchev–Trinajstić information content (AvgIpc) is 3.05. The first-order valence-electron chi connectivity index (χ1n) is 8.42. The van der Waals surface area contributed by atoms with Gasteiger partial charge in [-0.15, -0.1) is 29.7 Å². The summed E-state index contributed by atoms with van der Waals surface area (Å²) in [4.78, 5) is 4.98. The molecule has 0 aliphatic rings. The summed E-state index contributed by atoms with van der Waals surface area (Å²) in [6.45, 7) is 0. The molecule has 0 bridgehead atoms. The predicted octanol–water partition coefficient (Wildman–Crippen LogP) is 2.37. The molecule has 27 heavy (non-hydrogen) atoms. The van der Waals surface area contributed by atoms with E-state index < -0.39 is 0 Å². The molecule has 0 aliphatic heterocycles. The number of hydrogen-bond donors (Lipinski definition) is 0. The fourth-order valence-corrected chi connectivity index (χ4v) is 3.92. The van der Waals surface area contributed by atoms with Gasteiger partial charge in [-0.3, -0.25) is 4.98 Å². The topological polar surface area (TPSA) is 17.3 Å². The van der Waals surface area contributed by atoms with E-state index in [9.17, 15) is 0 Å². The van der Waals surface area contributed by atoms with Gasteiger partial charge in [-0.1, -0.05) is 47.9 Å². The van der Waals surface area contributed by atoms with Crippen molar-refractivity contribution in [1.82, 2.24) is 9.38 Å². The van der Waals surface area contributed by atoms with E-state index in [1.807, 2.05) is 12.1 Å². The number of imidazole rings is 1. The standard InChI is InChI=1S/C23H13N2.BrH.Mg/c1-2-8-16-14-22-20(13-15(16)7-1)24-23-19-11-4-3-9-17(19)18-10-5-6-12-21(18)25(22)23;;/h1-10,12-14H;1H;/q-1;;+2/p-1. The molecule has 0 aliphatic carbocycles. The minimum atomic E-state index is 0. The second-order valence-electron chi connectivity index (χ2n) is 6.43. The molecule has 0 saturated carbocycles. The Morgan fingerprint density at radius 3 is 2.30 bits per heavy atom. The third-order valence-electron chi connectivity index (χ3n) is 5.04. The van der Waals surface area contributed by atoms with E-state index in [0.29, 0.717) is 0 Å². The molecule has 6 aromatic rings.